The molecule has 1 aromatic carbocycles. The SMILES string of the molecule is CC(Oc1ccc(Cl)c(Cl)c1)C(=O)Nc1cnccc1CO. The molecule has 0 bridgehead atoms. The van der Waals surface area contributed by atoms with E-state index in [1.54, 1.807) is 25.1 Å². The van der Waals surface area contributed by atoms with E-state index in [4.69, 9.17) is 27.9 Å². The van der Waals surface area contributed by atoms with Gasteiger partial charge in [-0.3, -0.25) is 9.78 Å². The van der Waals surface area contributed by atoms with Crippen LogP contribution in [0.2, 0.25) is 10.0 Å². The molecule has 0 aliphatic heterocycles. The highest BCUT2D eigenvalue weighted by molar-refractivity contribution is 6.42. The number of nitrogens with zero attached hydrogens (tertiary/aromatic N) is 1. The largest absolute Gasteiger partial charge is 0.481 e. The van der Waals surface area contributed by atoms with E-state index in [1.807, 2.05) is 0 Å². The van der Waals surface area contributed by atoms with E-state index in [-0.39, 0.29) is 12.5 Å². The maximum atomic E-state index is 12.1. The first-order chi connectivity index (χ1) is 10.5. The Hall–Kier alpha value is -1.82. The second-order valence-corrected chi connectivity index (χ2v) is 5.33. The first-order valence-electron chi connectivity index (χ1n) is 6.47. The second-order valence-electron chi connectivity index (χ2n) is 4.52. The Morgan fingerprint density at radius 3 is 2.82 bits per heavy atom. The molecular weight excluding hydrogens is 327 g/mol. The molecular formula is C15H14Cl2N2O3. The van der Waals surface area contributed by atoms with Gasteiger partial charge < -0.3 is 15.2 Å². The summed E-state index contributed by atoms with van der Waals surface area (Å²) in [5.74, 6) is 0.0689. The molecule has 2 rings (SSSR count). The van der Waals surface area contributed by atoms with E-state index in [9.17, 15) is 9.90 Å². The van der Waals surface area contributed by atoms with E-state index < -0.39 is 6.10 Å². The van der Waals surface area contributed by atoms with Crippen LogP contribution in [0.1, 0.15) is 12.5 Å². The van der Waals surface area contributed by atoms with Crippen molar-refractivity contribution in [1.29, 1.82) is 0 Å². The number of pyridine rings is 1. The number of ether oxygens (including phenoxy) is 1. The number of benzene rings is 1. The van der Waals surface area contributed by atoms with Crippen LogP contribution in [0.15, 0.2) is 36.7 Å². The fourth-order valence-electron chi connectivity index (χ4n) is 1.72. The molecule has 0 saturated heterocycles. The fraction of sp³-hybridized carbons (Fsp3) is 0.200. The number of hydrogen-bond acceptors (Lipinski definition) is 4. The number of amides is 1. The summed E-state index contributed by atoms with van der Waals surface area (Å²) in [5.41, 5.74) is 1.02. The predicted molar refractivity (Wildman–Crippen MR) is 85.3 cm³/mol. The van der Waals surface area contributed by atoms with Gasteiger partial charge in [0.2, 0.25) is 0 Å². The average molecular weight is 341 g/mol. The molecule has 2 N–H and O–H groups in total. The highest BCUT2D eigenvalue weighted by atomic mass is 35.5. The van der Waals surface area contributed by atoms with Crippen LogP contribution >= 0.6 is 23.2 Å². The third kappa shape index (κ3) is 4.10. The lowest BCUT2D eigenvalue weighted by Gasteiger charge is -2.16. The highest BCUT2D eigenvalue weighted by Gasteiger charge is 2.16. The molecule has 1 unspecified atom stereocenters. The van der Waals surface area contributed by atoms with Gasteiger partial charge in [-0.2, -0.15) is 0 Å². The molecule has 1 aromatic heterocycles. The van der Waals surface area contributed by atoms with E-state index in [0.717, 1.165) is 0 Å². The number of carbonyl (C=O) groups excluding carboxylic acids is 1. The van der Waals surface area contributed by atoms with Gasteiger partial charge in [-0.05, 0) is 25.1 Å². The van der Waals surface area contributed by atoms with Crippen molar-refractivity contribution in [2.24, 2.45) is 0 Å². The summed E-state index contributed by atoms with van der Waals surface area (Å²) in [6, 6.07) is 6.38. The van der Waals surface area contributed by atoms with Gasteiger partial charge in [0.25, 0.3) is 5.91 Å². The zero-order chi connectivity index (χ0) is 16.1. The minimum atomic E-state index is -0.760. The number of aliphatic hydroxyl groups is 1. The molecule has 1 atom stereocenters. The Balaban J connectivity index is 2.04. The molecule has 0 aliphatic carbocycles. The molecule has 0 radical (unpaired) electrons. The van der Waals surface area contributed by atoms with Crippen molar-refractivity contribution < 1.29 is 14.6 Å². The Kier molecular flexibility index (Phi) is 5.60. The van der Waals surface area contributed by atoms with Crippen LogP contribution in [0.5, 0.6) is 5.75 Å². The monoisotopic (exact) mass is 340 g/mol. The van der Waals surface area contributed by atoms with Gasteiger partial charge in [-0.25, -0.2) is 0 Å². The Morgan fingerprint density at radius 1 is 1.36 bits per heavy atom. The number of aliphatic hydroxyl groups excluding tert-OH is 1. The summed E-state index contributed by atoms with van der Waals surface area (Å²) in [6.07, 6.45) is 2.25. The molecule has 22 heavy (non-hydrogen) atoms. The van der Waals surface area contributed by atoms with Crippen LogP contribution in [0.4, 0.5) is 5.69 Å². The lowest BCUT2D eigenvalue weighted by atomic mass is 10.2. The standard InChI is InChI=1S/C15H14Cl2N2O3/c1-9(22-11-2-3-12(16)13(17)6-11)15(21)19-14-7-18-5-4-10(14)8-20/h2-7,9,20H,8H2,1H3,(H,19,21). The van der Waals surface area contributed by atoms with Crippen LogP contribution in [0.25, 0.3) is 0 Å². The van der Waals surface area contributed by atoms with Gasteiger partial charge in [-0.15, -0.1) is 0 Å². The molecule has 7 heteroatoms. The third-order valence-electron chi connectivity index (χ3n) is 2.91. The van der Waals surface area contributed by atoms with Crippen LogP contribution in [0.3, 0.4) is 0 Å². The summed E-state index contributed by atoms with van der Waals surface area (Å²) in [4.78, 5) is 16.0. The molecule has 0 fully saturated rings. The molecule has 1 amide bonds. The third-order valence-corrected chi connectivity index (χ3v) is 3.65. The number of halogens is 2. The van der Waals surface area contributed by atoms with E-state index in [1.165, 1.54) is 18.5 Å². The maximum absolute atomic E-state index is 12.1. The Bertz CT molecular complexity index is 680. The molecule has 1 heterocycles. The Labute approximate surface area is 137 Å². The fourth-order valence-corrected chi connectivity index (χ4v) is 2.00. The lowest BCUT2D eigenvalue weighted by molar-refractivity contribution is -0.122. The van der Waals surface area contributed by atoms with Crippen molar-refractivity contribution >= 4 is 34.8 Å². The zero-order valence-electron chi connectivity index (χ0n) is 11.7. The summed E-state index contributed by atoms with van der Waals surface area (Å²) >= 11 is 11.7. The van der Waals surface area contributed by atoms with Crippen molar-refractivity contribution in [3.05, 3.63) is 52.3 Å². The first-order valence-corrected chi connectivity index (χ1v) is 7.23. The van der Waals surface area contributed by atoms with Crippen LogP contribution < -0.4 is 10.1 Å². The maximum Gasteiger partial charge on any atom is 0.265 e. The van der Waals surface area contributed by atoms with E-state index >= 15 is 0 Å². The van der Waals surface area contributed by atoms with E-state index in [0.29, 0.717) is 27.0 Å². The van der Waals surface area contributed by atoms with Gasteiger partial charge in [0.1, 0.15) is 5.75 Å². The number of hydrogen-bond donors (Lipinski definition) is 2. The lowest BCUT2D eigenvalue weighted by Crippen LogP contribution is -2.30. The topological polar surface area (TPSA) is 71.5 Å². The summed E-state index contributed by atoms with van der Waals surface area (Å²) in [5, 5.41) is 12.6. The number of anilines is 1. The van der Waals surface area contributed by atoms with Crippen molar-refractivity contribution in [3.8, 4) is 5.75 Å². The zero-order valence-corrected chi connectivity index (χ0v) is 13.2. The molecule has 5 nitrogen and oxygen atoms in total. The smallest absolute Gasteiger partial charge is 0.265 e. The molecule has 2 aromatic rings. The van der Waals surface area contributed by atoms with Crippen molar-refractivity contribution in [1.82, 2.24) is 4.98 Å². The van der Waals surface area contributed by atoms with Crippen molar-refractivity contribution in [2.75, 3.05) is 5.32 Å². The van der Waals surface area contributed by atoms with Gasteiger partial charge in [-0.1, -0.05) is 23.2 Å². The first kappa shape index (κ1) is 16.5. The molecule has 0 saturated carbocycles. The van der Waals surface area contributed by atoms with Crippen LogP contribution in [-0.4, -0.2) is 22.1 Å². The van der Waals surface area contributed by atoms with Crippen LogP contribution in [0, 0.1) is 0 Å². The van der Waals surface area contributed by atoms with E-state index in [2.05, 4.69) is 10.3 Å². The number of aromatic nitrogens is 1. The summed E-state index contributed by atoms with van der Waals surface area (Å²) in [6.45, 7) is 1.41. The van der Waals surface area contributed by atoms with Crippen LogP contribution in [-0.2, 0) is 11.4 Å². The van der Waals surface area contributed by atoms with Gasteiger partial charge >= 0.3 is 0 Å². The number of rotatable bonds is 5. The van der Waals surface area contributed by atoms with Crippen molar-refractivity contribution in [2.45, 2.75) is 19.6 Å². The van der Waals surface area contributed by atoms with Gasteiger partial charge in [0.15, 0.2) is 6.10 Å². The molecule has 116 valence electrons. The minimum absolute atomic E-state index is 0.194. The quantitative estimate of drug-likeness (QED) is 0.875. The predicted octanol–water partition coefficient (Wildman–Crippen LogP) is 3.29. The van der Waals surface area contributed by atoms with Gasteiger partial charge in [0.05, 0.1) is 28.5 Å². The van der Waals surface area contributed by atoms with Gasteiger partial charge in [0, 0.05) is 17.8 Å². The summed E-state index contributed by atoms with van der Waals surface area (Å²) in [7, 11) is 0. The molecule has 0 spiro atoms. The number of nitrogens with one attached hydrogen (secondary N) is 1. The summed E-state index contributed by atoms with van der Waals surface area (Å²) < 4.78 is 5.52. The Morgan fingerprint density at radius 2 is 2.14 bits per heavy atom. The normalized spacial score (nSPS) is 11.8. The highest BCUT2D eigenvalue weighted by Crippen LogP contribution is 2.27. The molecule has 0 aliphatic rings. The average Bonchev–Trinajstić information content (AvgIpc) is 2.51. The van der Waals surface area contributed by atoms with Crippen molar-refractivity contribution in [3.63, 3.8) is 0 Å². The number of carbonyl (C=O) groups is 1. The second kappa shape index (κ2) is 7.45. The minimum Gasteiger partial charge on any atom is -0.481 e.